The smallest absolute Gasteiger partial charge is 0.255 e. The first-order chi connectivity index (χ1) is 16.6. The first-order valence-electron chi connectivity index (χ1n) is 11.7. The summed E-state index contributed by atoms with van der Waals surface area (Å²) in [7, 11) is 0. The Morgan fingerprint density at radius 3 is 2.65 bits per heavy atom. The number of aromatic nitrogens is 1. The van der Waals surface area contributed by atoms with Crippen LogP contribution in [0.1, 0.15) is 46.3 Å². The van der Waals surface area contributed by atoms with Gasteiger partial charge in [0, 0.05) is 42.0 Å². The highest BCUT2D eigenvalue weighted by Crippen LogP contribution is 2.20. The van der Waals surface area contributed by atoms with E-state index < -0.39 is 0 Å². The third-order valence-corrected chi connectivity index (χ3v) is 5.91. The summed E-state index contributed by atoms with van der Waals surface area (Å²) in [5.74, 6) is -0.480. The Balaban J connectivity index is 1.40. The fraction of sp³-hybridized carbons (Fsp3) is 0.250. The Kier molecular flexibility index (Phi) is 7.83. The lowest BCUT2D eigenvalue weighted by Crippen LogP contribution is -2.29. The van der Waals surface area contributed by atoms with Crippen molar-refractivity contribution in [3.63, 3.8) is 0 Å². The molecular weight excluding hydrogens is 424 g/mol. The monoisotopic (exact) mass is 454 g/mol. The van der Waals surface area contributed by atoms with Gasteiger partial charge in [-0.25, -0.2) is 0 Å². The van der Waals surface area contributed by atoms with Gasteiger partial charge in [0.05, 0.1) is 0 Å². The lowest BCUT2D eigenvalue weighted by molar-refractivity contribution is -0.111. The van der Waals surface area contributed by atoms with Crippen molar-refractivity contribution < 1.29 is 9.59 Å². The Morgan fingerprint density at radius 2 is 1.85 bits per heavy atom. The van der Waals surface area contributed by atoms with Gasteiger partial charge in [-0.1, -0.05) is 30.7 Å². The number of hydrogen-bond donors (Lipinski definition) is 2. The van der Waals surface area contributed by atoms with Crippen LogP contribution in [0.5, 0.6) is 0 Å². The van der Waals surface area contributed by atoms with E-state index in [1.54, 1.807) is 30.6 Å². The van der Waals surface area contributed by atoms with Crippen molar-refractivity contribution in [2.75, 3.05) is 23.7 Å². The number of carbonyl (C=O) groups is 2. The van der Waals surface area contributed by atoms with E-state index in [1.165, 1.54) is 30.9 Å². The summed E-state index contributed by atoms with van der Waals surface area (Å²) >= 11 is 0. The molecule has 0 saturated carbocycles. The molecule has 174 valence electrons. The van der Waals surface area contributed by atoms with Gasteiger partial charge in [0.1, 0.15) is 0 Å². The lowest BCUT2D eigenvalue weighted by Gasteiger charge is -2.26. The van der Waals surface area contributed by atoms with Crippen molar-refractivity contribution in [1.29, 1.82) is 0 Å². The number of amides is 2. The third kappa shape index (κ3) is 6.62. The van der Waals surface area contributed by atoms with E-state index in [-0.39, 0.29) is 11.8 Å². The Labute approximate surface area is 200 Å². The van der Waals surface area contributed by atoms with Gasteiger partial charge in [0.15, 0.2) is 0 Å². The standard InChI is InChI=1S/C28H30N4O2/c1-21-10-12-24(18-26(21)31-27(33)13-11-22-8-6-14-29-19-22)28(34)30-25-9-5-7-23(17-25)20-32-15-3-2-4-16-32/h5-14,17-19H,2-4,15-16,20H2,1H3,(H,30,34)(H,31,33)/b13-11+. The minimum absolute atomic E-state index is 0.212. The van der Waals surface area contributed by atoms with Crippen LogP contribution in [0.15, 0.2) is 73.1 Å². The number of anilines is 2. The van der Waals surface area contributed by atoms with Gasteiger partial charge in [-0.15, -0.1) is 0 Å². The molecule has 4 rings (SSSR count). The van der Waals surface area contributed by atoms with Crippen molar-refractivity contribution in [2.24, 2.45) is 0 Å². The largest absolute Gasteiger partial charge is 0.322 e. The van der Waals surface area contributed by atoms with Crippen LogP contribution in [-0.2, 0) is 11.3 Å². The van der Waals surface area contributed by atoms with Gasteiger partial charge in [-0.2, -0.15) is 0 Å². The first kappa shape index (κ1) is 23.4. The van der Waals surface area contributed by atoms with Crippen LogP contribution in [0, 0.1) is 6.92 Å². The van der Waals surface area contributed by atoms with E-state index in [0.29, 0.717) is 11.3 Å². The minimum atomic E-state index is -0.269. The molecule has 1 aliphatic heterocycles. The second-order valence-electron chi connectivity index (χ2n) is 8.63. The molecule has 0 unspecified atom stereocenters. The number of carbonyl (C=O) groups excluding carboxylic acids is 2. The number of likely N-dealkylation sites (tertiary alicyclic amines) is 1. The molecule has 1 fully saturated rings. The van der Waals surface area contributed by atoms with Crippen LogP contribution in [0.2, 0.25) is 0 Å². The average molecular weight is 455 g/mol. The molecule has 1 aromatic heterocycles. The molecule has 0 bridgehead atoms. The fourth-order valence-corrected chi connectivity index (χ4v) is 4.05. The van der Waals surface area contributed by atoms with Crippen molar-refractivity contribution >= 4 is 29.3 Å². The first-order valence-corrected chi connectivity index (χ1v) is 11.7. The number of nitrogens with one attached hydrogen (secondary N) is 2. The van der Waals surface area contributed by atoms with Gasteiger partial charge in [-0.05, 0) is 86.0 Å². The van der Waals surface area contributed by atoms with E-state index in [2.05, 4.69) is 26.6 Å². The van der Waals surface area contributed by atoms with E-state index in [1.807, 2.05) is 43.3 Å². The molecule has 2 aromatic carbocycles. The summed E-state index contributed by atoms with van der Waals surface area (Å²) in [6, 6.07) is 17.0. The topological polar surface area (TPSA) is 74.3 Å². The molecule has 0 atom stereocenters. The average Bonchev–Trinajstić information content (AvgIpc) is 2.85. The molecule has 1 aliphatic rings. The Bertz CT molecular complexity index is 1170. The molecule has 0 radical (unpaired) electrons. The number of aryl methyl sites for hydroxylation is 1. The van der Waals surface area contributed by atoms with Crippen LogP contribution in [0.25, 0.3) is 6.08 Å². The normalized spacial score (nSPS) is 14.1. The summed E-state index contributed by atoms with van der Waals surface area (Å²) in [6.07, 6.45) is 10.3. The maximum atomic E-state index is 12.9. The molecule has 3 aromatic rings. The Hall–Kier alpha value is -3.77. The van der Waals surface area contributed by atoms with Gasteiger partial charge < -0.3 is 10.6 Å². The molecule has 0 aliphatic carbocycles. The summed E-state index contributed by atoms with van der Waals surface area (Å²) in [5.41, 5.74) is 4.76. The number of benzene rings is 2. The zero-order valence-electron chi connectivity index (χ0n) is 19.5. The van der Waals surface area contributed by atoms with Gasteiger partial charge in [0.2, 0.25) is 5.91 Å². The zero-order valence-corrected chi connectivity index (χ0v) is 19.5. The minimum Gasteiger partial charge on any atom is -0.322 e. The van der Waals surface area contributed by atoms with E-state index >= 15 is 0 Å². The van der Waals surface area contributed by atoms with Gasteiger partial charge >= 0.3 is 0 Å². The molecule has 34 heavy (non-hydrogen) atoms. The van der Waals surface area contributed by atoms with E-state index in [9.17, 15) is 9.59 Å². The highest BCUT2D eigenvalue weighted by atomic mass is 16.2. The number of rotatable bonds is 7. The molecule has 1 saturated heterocycles. The second kappa shape index (κ2) is 11.4. The fourth-order valence-electron chi connectivity index (χ4n) is 4.05. The number of hydrogen-bond acceptors (Lipinski definition) is 4. The molecule has 6 nitrogen and oxygen atoms in total. The van der Waals surface area contributed by atoms with Gasteiger partial charge in [0.25, 0.3) is 5.91 Å². The van der Waals surface area contributed by atoms with Crippen LogP contribution in [0.3, 0.4) is 0 Å². The zero-order chi connectivity index (χ0) is 23.8. The van der Waals surface area contributed by atoms with Crippen molar-refractivity contribution in [3.8, 4) is 0 Å². The molecule has 2 heterocycles. The molecule has 2 N–H and O–H groups in total. The maximum Gasteiger partial charge on any atom is 0.255 e. The number of nitrogens with zero attached hydrogens (tertiary/aromatic N) is 2. The summed E-state index contributed by atoms with van der Waals surface area (Å²) in [5, 5.41) is 5.85. The van der Waals surface area contributed by atoms with Crippen LogP contribution < -0.4 is 10.6 Å². The summed E-state index contributed by atoms with van der Waals surface area (Å²) < 4.78 is 0. The maximum absolute atomic E-state index is 12.9. The van der Waals surface area contributed by atoms with Crippen molar-refractivity contribution in [1.82, 2.24) is 9.88 Å². The second-order valence-corrected chi connectivity index (χ2v) is 8.63. The summed E-state index contributed by atoms with van der Waals surface area (Å²) in [4.78, 5) is 31.8. The summed E-state index contributed by atoms with van der Waals surface area (Å²) in [6.45, 7) is 5.06. The lowest BCUT2D eigenvalue weighted by atomic mass is 10.1. The van der Waals surface area contributed by atoms with E-state index in [0.717, 1.165) is 36.4 Å². The Morgan fingerprint density at radius 1 is 1.00 bits per heavy atom. The van der Waals surface area contributed by atoms with Gasteiger partial charge in [-0.3, -0.25) is 19.5 Å². The predicted molar refractivity (Wildman–Crippen MR) is 137 cm³/mol. The van der Waals surface area contributed by atoms with E-state index in [4.69, 9.17) is 0 Å². The van der Waals surface area contributed by atoms with Crippen LogP contribution in [-0.4, -0.2) is 34.8 Å². The van der Waals surface area contributed by atoms with Crippen molar-refractivity contribution in [3.05, 3.63) is 95.3 Å². The molecule has 6 heteroatoms. The molecular formula is C28H30N4O2. The third-order valence-electron chi connectivity index (χ3n) is 5.91. The molecule has 2 amide bonds. The number of piperidine rings is 1. The highest BCUT2D eigenvalue weighted by Gasteiger charge is 2.13. The quantitative estimate of drug-likeness (QED) is 0.476. The SMILES string of the molecule is Cc1ccc(C(=O)Nc2cccc(CN3CCCCC3)c2)cc1NC(=O)/C=C/c1cccnc1. The van der Waals surface area contributed by atoms with Crippen molar-refractivity contribution in [2.45, 2.75) is 32.7 Å². The van der Waals surface area contributed by atoms with Crippen LogP contribution in [0.4, 0.5) is 11.4 Å². The number of pyridine rings is 1. The predicted octanol–water partition coefficient (Wildman–Crippen LogP) is 5.28. The van der Waals surface area contributed by atoms with Crippen LogP contribution >= 0.6 is 0 Å². The highest BCUT2D eigenvalue weighted by molar-refractivity contribution is 6.07. The molecule has 0 spiro atoms.